The lowest BCUT2D eigenvalue weighted by molar-refractivity contribution is 0.478. The van der Waals surface area contributed by atoms with Crippen LogP contribution in [0.4, 0.5) is 21.7 Å². The average Bonchev–Trinajstić information content (AvgIpc) is 2.94. The van der Waals surface area contributed by atoms with Gasteiger partial charge in [0.2, 0.25) is 5.95 Å². The van der Waals surface area contributed by atoms with E-state index in [4.69, 9.17) is 0 Å². The Morgan fingerprint density at radius 1 is 1.24 bits per heavy atom. The number of pyridine rings is 2. The zero-order valence-corrected chi connectivity index (χ0v) is 23.6. The van der Waals surface area contributed by atoms with Gasteiger partial charge >= 0.3 is 0 Å². The Bertz CT molecular complexity index is 1830. The van der Waals surface area contributed by atoms with Crippen molar-refractivity contribution in [3.05, 3.63) is 76.2 Å². The molecular formula is C28H29FN8O3S. The Morgan fingerprint density at radius 2 is 2.05 bits per heavy atom. The summed E-state index contributed by atoms with van der Waals surface area (Å²) in [4.78, 5) is 28.0. The topological polar surface area (TPSA) is 146 Å². The van der Waals surface area contributed by atoms with Gasteiger partial charge in [0, 0.05) is 55.3 Å². The Labute approximate surface area is 236 Å². The van der Waals surface area contributed by atoms with E-state index in [1.54, 1.807) is 26.0 Å². The lowest BCUT2D eigenvalue weighted by atomic mass is 10.2. The molecule has 0 saturated carbocycles. The Kier molecular flexibility index (Phi) is 7.70. The SMILES string of the molecule is CC1CN(c2ccc(Nc3ncc4cc(C#N)c(=O)n(Cc5ccncc5S(=O)(=O)C(C)C)c4n3)cc2F)CCN1. The molecule has 1 saturated heterocycles. The number of anilines is 3. The van der Waals surface area contributed by atoms with Gasteiger partial charge in [-0.1, -0.05) is 0 Å². The molecule has 1 unspecified atom stereocenters. The zero-order chi connectivity index (χ0) is 29.3. The van der Waals surface area contributed by atoms with Gasteiger partial charge in [-0.3, -0.25) is 14.3 Å². The molecule has 2 N–H and O–H groups in total. The second kappa shape index (κ2) is 11.2. The number of aromatic nitrogens is 4. The van der Waals surface area contributed by atoms with Gasteiger partial charge in [-0.05, 0) is 56.7 Å². The minimum Gasteiger partial charge on any atom is -0.366 e. The molecule has 1 aliphatic rings. The second-order valence-corrected chi connectivity index (χ2v) is 12.7. The summed E-state index contributed by atoms with van der Waals surface area (Å²) >= 11 is 0. The van der Waals surface area contributed by atoms with Crippen LogP contribution in [0.5, 0.6) is 0 Å². The smallest absolute Gasteiger partial charge is 0.270 e. The number of nitriles is 1. The summed E-state index contributed by atoms with van der Waals surface area (Å²) in [6, 6.07) is 9.84. The molecule has 0 amide bonds. The van der Waals surface area contributed by atoms with Crippen molar-refractivity contribution in [1.82, 2.24) is 24.8 Å². The molecule has 5 rings (SSSR count). The Balaban J connectivity index is 1.53. The fourth-order valence-electron chi connectivity index (χ4n) is 4.79. The van der Waals surface area contributed by atoms with E-state index in [1.807, 2.05) is 11.0 Å². The molecule has 3 aromatic heterocycles. The third-order valence-corrected chi connectivity index (χ3v) is 9.21. The third-order valence-electron chi connectivity index (χ3n) is 6.99. The van der Waals surface area contributed by atoms with Crippen molar-refractivity contribution in [1.29, 1.82) is 5.26 Å². The van der Waals surface area contributed by atoms with Gasteiger partial charge in [0.05, 0.1) is 22.4 Å². The Morgan fingerprint density at radius 3 is 2.76 bits per heavy atom. The largest absolute Gasteiger partial charge is 0.366 e. The maximum absolute atomic E-state index is 15.1. The summed E-state index contributed by atoms with van der Waals surface area (Å²) < 4.78 is 42.3. The van der Waals surface area contributed by atoms with Gasteiger partial charge in [0.1, 0.15) is 23.1 Å². The number of fused-ring (bicyclic) bond motifs is 1. The highest BCUT2D eigenvalue weighted by Gasteiger charge is 2.24. The quantitative estimate of drug-likeness (QED) is 0.337. The molecule has 13 heteroatoms. The molecule has 41 heavy (non-hydrogen) atoms. The van der Waals surface area contributed by atoms with Crippen LogP contribution in [0.1, 0.15) is 31.9 Å². The van der Waals surface area contributed by atoms with Crippen molar-refractivity contribution in [2.45, 2.75) is 43.5 Å². The molecule has 1 aromatic carbocycles. The highest BCUT2D eigenvalue weighted by molar-refractivity contribution is 7.92. The summed E-state index contributed by atoms with van der Waals surface area (Å²) in [6.07, 6.45) is 4.15. The lowest BCUT2D eigenvalue weighted by Crippen LogP contribution is -2.49. The summed E-state index contributed by atoms with van der Waals surface area (Å²) in [6.45, 7) is 7.17. The van der Waals surface area contributed by atoms with E-state index in [0.717, 1.165) is 6.54 Å². The summed E-state index contributed by atoms with van der Waals surface area (Å²) in [5, 5.41) is 15.6. The predicted molar refractivity (Wildman–Crippen MR) is 154 cm³/mol. The van der Waals surface area contributed by atoms with Crippen molar-refractivity contribution in [2.75, 3.05) is 29.9 Å². The van der Waals surface area contributed by atoms with Gasteiger partial charge in [0.25, 0.3) is 5.56 Å². The zero-order valence-electron chi connectivity index (χ0n) is 22.8. The standard InChI is InChI=1S/C28H29FN8O3S/c1-17(2)41(39,40)25-14-31-7-6-19(25)16-37-26-21(10-20(12-30)27(37)38)13-33-28(35-26)34-22-4-5-24(23(29)11-22)36-9-8-32-18(3)15-36/h4-7,10-11,13-14,17-18,32H,8-9,15-16H2,1-3H3,(H,33,34,35). The van der Waals surface area contributed by atoms with Crippen LogP contribution >= 0.6 is 0 Å². The van der Waals surface area contributed by atoms with Crippen molar-refractivity contribution in [3.63, 3.8) is 0 Å². The molecular weight excluding hydrogens is 547 g/mol. The maximum atomic E-state index is 15.1. The summed E-state index contributed by atoms with van der Waals surface area (Å²) in [7, 11) is -3.71. The van der Waals surface area contributed by atoms with Gasteiger partial charge in [-0.15, -0.1) is 0 Å². The molecule has 4 heterocycles. The molecule has 4 aromatic rings. The highest BCUT2D eigenvalue weighted by Crippen LogP contribution is 2.26. The monoisotopic (exact) mass is 576 g/mol. The van der Waals surface area contributed by atoms with Crippen LogP contribution in [0, 0.1) is 17.1 Å². The number of hydrogen-bond donors (Lipinski definition) is 2. The van der Waals surface area contributed by atoms with Crippen molar-refractivity contribution >= 4 is 38.2 Å². The minimum absolute atomic E-state index is 0.000684. The van der Waals surface area contributed by atoms with E-state index in [1.165, 1.54) is 41.4 Å². The van der Waals surface area contributed by atoms with E-state index in [0.29, 0.717) is 35.4 Å². The van der Waals surface area contributed by atoms with Gasteiger partial charge in [-0.25, -0.2) is 17.8 Å². The van der Waals surface area contributed by atoms with Crippen LogP contribution in [-0.4, -0.2) is 58.9 Å². The lowest BCUT2D eigenvalue weighted by Gasteiger charge is -2.33. The summed E-state index contributed by atoms with van der Waals surface area (Å²) in [5.74, 6) is -0.292. The number of nitrogens with zero attached hydrogens (tertiary/aromatic N) is 6. The molecule has 0 spiro atoms. The van der Waals surface area contributed by atoms with Crippen molar-refractivity contribution in [2.24, 2.45) is 0 Å². The third kappa shape index (κ3) is 5.61. The first-order chi connectivity index (χ1) is 19.6. The first-order valence-corrected chi connectivity index (χ1v) is 14.7. The molecule has 11 nitrogen and oxygen atoms in total. The van der Waals surface area contributed by atoms with E-state index >= 15 is 4.39 Å². The molecule has 0 aliphatic carbocycles. The predicted octanol–water partition coefficient (Wildman–Crippen LogP) is 2.97. The van der Waals surface area contributed by atoms with E-state index in [2.05, 4.69) is 32.5 Å². The normalized spacial score (nSPS) is 15.7. The average molecular weight is 577 g/mol. The van der Waals surface area contributed by atoms with E-state index in [9.17, 15) is 18.5 Å². The van der Waals surface area contributed by atoms with Crippen molar-refractivity contribution < 1.29 is 12.8 Å². The van der Waals surface area contributed by atoms with Gasteiger partial charge < -0.3 is 15.5 Å². The van der Waals surface area contributed by atoms with Crippen molar-refractivity contribution in [3.8, 4) is 6.07 Å². The number of piperazine rings is 1. The molecule has 0 radical (unpaired) electrons. The first kappa shape index (κ1) is 28.1. The minimum atomic E-state index is -3.71. The number of hydrogen-bond acceptors (Lipinski definition) is 10. The van der Waals surface area contributed by atoms with Crippen LogP contribution in [0.25, 0.3) is 11.0 Å². The maximum Gasteiger partial charge on any atom is 0.270 e. The molecule has 212 valence electrons. The Hall–Kier alpha value is -4.41. The van der Waals surface area contributed by atoms with E-state index < -0.39 is 26.5 Å². The molecule has 1 aliphatic heterocycles. The van der Waals surface area contributed by atoms with E-state index in [-0.39, 0.29) is 34.6 Å². The van der Waals surface area contributed by atoms with Gasteiger partial charge in [0.15, 0.2) is 9.84 Å². The van der Waals surface area contributed by atoms with Crippen LogP contribution in [0.15, 0.2) is 58.6 Å². The van der Waals surface area contributed by atoms with Crippen LogP contribution < -0.4 is 21.1 Å². The van der Waals surface area contributed by atoms with Gasteiger partial charge in [-0.2, -0.15) is 10.2 Å². The first-order valence-electron chi connectivity index (χ1n) is 13.1. The molecule has 1 fully saturated rings. The molecule has 1 atom stereocenters. The fourth-order valence-corrected chi connectivity index (χ4v) is 6.00. The van der Waals surface area contributed by atoms with Crippen LogP contribution in [0.2, 0.25) is 0 Å². The van der Waals surface area contributed by atoms with Crippen LogP contribution in [0.3, 0.4) is 0 Å². The number of rotatable bonds is 7. The highest BCUT2D eigenvalue weighted by atomic mass is 32.2. The molecule has 0 bridgehead atoms. The number of halogens is 1. The second-order valence-electron chi connectivity index (χ2n) is 10.2. The number of sulfone groups is 1. The summed E-state index contributed by atoms with van der Waals surface area (Å²) in [5.41, 5.74) is 0.670. The van der Waals surface area contributed by atoms with Crippen LogP contribution in [-0.2, 0) is 16.4 Å². The number of nitrogens with one attached hydrogen (secondary N) is 2. The fraction of sp³-hybridized carbons (Fsp3) is 0.321. The number of benzene rings is 1.